The van der Waals surface area contributed by atoms with Crippen LogP contribution in [0.5, 0.6) is 11.5 Å². The minimum absolute atomic E-state index is 0.346. The van der Waals surface area contributed by atoms with E-state index in [1.807, 2.05) is 32.0 Å². The predicted molar refractivity (Wildman–Crippen MR) is 71.4 cm³/mol. The number of hydrogen-bond acceptors (Lipinski definition) is 4. The van der Waals surface area contributed by atoms with Gasteiger partial charge in [0.25, 0.3) is 0 Å². The lowest BCUT2D eigenvalue weighted by molar-refractivity contribution is -0.103. The highest BCUT2D eigenvalue weighted by atomic mass is 16.5. The molecule has 0 amide bonds. The summed E-state index contributed by atoms with van der Waals surface area (Å²) in [6.45, 7) is 4.93. The maximum Gasteiger partial charge on any atom is 0.123 e. The fourth-order valence-electron chi connectivity index (χ4n) is 2.45. The van der Waals surface area contributed by atoms with Crippen LogP contribution >= 0.6 is 0 Å². The van der Waals surface area contributed by atoms with E-state index in [0.29, 0.717) is 13.2 Å². The Kier molecular flexibility index (Phi) is 3.42. The zero-order valence-electron chi connectivity index (χ0n) is 11.8. The highest BCUT2D eigenvalue weighted by molar-refractivity contribution is 5.48. The molecule has 1 aromatic rings. The highest BCUT2D eigenvalue weighted by Gasteiger charge is 2.54. The van der Waals surface area contributed by atoms with Crippen LogP contribution in [0.25, 0.3) is 0 Å². The molecular weight excluding hydrogens is 242 g/mol. The van der Waals surface area contributed by atoms with Crippen molar-refractivity contribution in [2.24, 2.45) is 5.41 Å². The van der Waals surface area contributed by atoms with Gasteiger partial charge in [-0.1, -0.05) is 0 Å². The summed E-state index contributed by atoms with van der Waals surface area (Å²) in [5.74, 6) is 1.53. The lowest BCUT2D eigenvalue weighted by Gasteiger charge is -2.49. The molecule has 0 aliphatic carbocycles. The number of rotatable bonds is 4. The van der Waals surface area contributed by atoms with Gasteiger partial charge in [-0.25, -0.2) is 0 Å². The highest BCUT2D eigenvalue weighted by Crippen LogP contribution is 2.50. The van der Waals surface area contributed by atoms with Crippen LogP contribution in [0.3, 0.4) is 0 Å². The zero-order chi connectivity index (χ0) is 14.1. The van der Waals surface area contributed by atoms with E-state index in [1.165, 1.54) is 0 Å². The summed E-state index contributed by atoms with van der Waals surface area (Å²) in [6, 6.07) is 8.07. The molecule has 0 saturated carbocycles. The molecule has 1 heterocycles. The largest absolute Gasteiger partial charge is 0.497 e. The van der Waals surface area contributed by atoms with Crippen LogP contribution in [0.1, 0.15) is 19.4 Å². The summed E-state index contributed by atoms with van der Waals surface area (Å²) in [5, 5.41) is 9.47. The molecule has 0 unspecified atom stereocenters. The predicted octanol–water partition coefficient (Wildman–Crippen LogP) is 2.52. The number of methoxy groups -OCH3 is 2. The van der Waals surface area contributed by atoms with Gasteiger partial charge in [-0.05, 0) is 32.0 Å². The first-order valence-corrected chi connectivity index (χ1v) is 6.22. The Morgan fingerprint density at radius 3 is 2.37 bits per heavy atom. The Morgan fingerprint density at radius 1 is 1.26 bits per heavy atom. The van der Waals surface area contributed by atoms with Gasteiger partial charge in [0.05, 0.1) is 44.3 Å². The number of hydrogen-bond donors (Lipinski definition) is 0. The summed E-state index contributed by atoms with van der Waals surface area (Å²) in [5.41, 5.74) is 0.0964. The third-order valence-electron chi connectivity index (χ3n) is 4.10. The van der Waals surface area contributed by atoms with Crippen molar-refractivity contribution in [3.63, 3.8) is 0 Å². The van der Waals surface area contributed by atoms with Crippen molar-refractivity contribution in [2.75, 3.05) is 27.4 Å². The Bertz CT molecular complexity index is 513. The van der Waals surface area contributed by atoms with Gasteiger partial charge in [-0.2, -0.15) is 5.26 Å². The molecule has 0 N–H and O–H groups in total. The number of nitriles is 1. The minimum atomic E-state index is -0.537. The van der Waals surface area contributed by atoms with E-state index < -0.39 is 5.41 Å². The Labute approximate surface area is 113 Å². The van der Waals surface area contributed by atoms with Crippen molar-refractivity contribution < 1.29 is 14.2 Å². The van der Waals surface area contributed by atoms with Crippen LogP contribution in [0.2, 0.25) is 0 Å². The quantitative estimate of drug-likeness (QED) is 0.835. The van der Waals surface area contributed by atoms with E-state index in [-0.39, 0.29) is 5.41 Å². The van der Waals surface area contributed by atoms with Crippen LogP contribution in [0.15, 0.2) is 18.2 Å². The molecule has 1 aromatic carbocycles. The SMILES string of the molecule is COc1ccc(OC)c(C2(C(C)(C)C#N)COC2)c1. The van der Waals surface area contributed by atoms with Crippen molar-refractivity contribution >= 4 is 0 Å². The number of ether oxygens (including phenoxy) is 3. The molecule has 1 fully saturated rings. The first-order valence-electron chi connectivity index (χ1n) is 6.22. The van der Waals surface area contributed by atoms with E-state index >= 15 is 0 Å². The lowest BCUT2D eigenvalue weighted by Crippen LogP contribution is -2.56. The summed E-state index contributed by atoms with van der Waals surface area (Å²) in [4.78, 5) is 0. The molecule has 1 aliphatic heterocycles. The molecule has 102 valence electrons. The first kappa shape index (κ1) is 13.7. The topological polar surface area (TPSA) is 51.5 Å². The zero-order valence-corrected chi connectivity index (χ0v) is 11.8. The van der Waals surface area contributed by atoms with Gasteiger partial charge in [-0.3, -0.25) is 0 Å². The first-order chi connectivity index (χ1) is 9.00. The van der Waals surface area contributed by atoms with Gasteiger partial charge in [0.1, 0.15) is 11.5 Å². The Morgan fingerprint density at radius 2 is 1.95 bits per heavy atom. The van der Waals surface area contributed by atoms with Crippen molar-refractivity contribution in [1.82, 2.24) is 0 Å². The average Bonchev–Trinajstić information content (AvgIpc) is 2.37. The summed E-state index contributed by atoms with van der Waals surface area (Å²) in [6.07, 6.45) is 0. The molecule has 0 radical (unpaired) electrons. The van der Waals surface area contributed by atoms with E-state index in [4.69, 9.17) is 14.2 Å². The van der Waals surface area contributed by atoms with E-state index in [0.717, 1.165) is 17.1 Å². The summed E-state index contributed by atoms with van der Waals surface area (Å²) < 4.78 is 16.1. The van der Waals surface area contributed by atoms with Crippen molar-refractivity contribution in [3.05, 3.63) is 23.8 Å². The summed E-state index contributed by atoms with van der Waals surface area (Å²) in [7, 11) is 3.27. The van der Waals surface area contributed by atoms with Crippen LogP contribution < -0.4 is 9.47 Å². The molecule has 1 saturated heterocycles. The fraction of sp³-hybridized carbons (Fsp3) is 0.533. The average molecular weight is 261 g/mol. The van der Waals surface area contributed by atoms with E-state index in [2.05, 4.69) is 6.07 Å². The number of nitrogens with zero attached hydrogens (tertiary/aromatic N) is 1. The van der Waals surface area contributed by atoms with Gasteiger partial charge in [0, 0.05) is 5.56 Å². The van der Waals surface area contributed by atoms with E-state index in [9.17, 15) is 5.26 Å². The number of benzene rings is 1. The van der Waals surface area contributed by atoms with Crippen LogP contribution in [0.4, 0.5) is 0 Å². The Hall–Kier alpha value is -1.73. The van der Waals surface area contributed by atoms with Gasteiger partial charge in [0.2, 0.25) is 0 Å². The molecule has 4 nitrogen and oxygen atoms in total. The molecule has 0 aromatic heterocycles. The standard InChI is InChI=1S/C15H19NO3/c1-14(2,8-16)15(9-19-10-15)12-7-11(17-3)5-6-13(12)18-4/h5-7H,9-10H2,1-4H3. The molecule has 1 aliphatic rings. The molecule has 0 bridgehead atoms. The second kappa shape index (κ2) is 4.75. The molecule has 19 heavy (non-hydrogen) atoms. The van der Waals surface area contributed by atoms with Crippen molar-refractivity contribution in [3.8, 4) is 17.6 Å². The molecule has 4 heteroatoms. The second-order valence-electron chi connectivity index (χ2n) is 5.38. The molecule has 2 rings (SSSR count). The monoisotopic (exact) mass is 261 g/mol. The third-order valence-corrected chi connectivity index (χ3v) is 4.10. The van der Waals surface area contributed by atoms with Crippen LogP contribution in [0, 0.1) is 16.7 Å². The third kappa shape index (κ3) is 1.95. The molecule has 0 atom stereocenters. The maximum atomic E-state index is 9.47. The maximum absolute atomic E-state index is 9.47. The van der Waals surface area contributed by atoms with Gasteiger partial charge in [-0.15, -0.1) is 0 Å². The second-order valence-corrected chi connectivity index (χ2v) is 5.38. The fourth-order valence-corrected chi connectivity index (χ4v) is 2.45. The Balaban J connectivity index is 2.58. The van der Waals surface area contributed by atoms with Gasteiger partial charge < -0.3 is 14.2 Å². The van der Waals surface area contributed by atoms with Gasteiger partial charge >= 0.3 is 0 Å². The van der Waals surface area contributed by atoms with Crippen LogP contribution in [-0.4, -0.2) is 27.4 Å². The smallest absolute Gasteiger partial charge is 0.123 e. The van der Waals surface area contributed by atoms with Gasteiger partial charge in [0.15, 0.2) is 0 Å². The van der Waals surface area contributed by atoms with E-state index in [1.54, 1.807) is 14.2 Å². The molecular formula is C15H19NO3. The molecule has 0 spiro atoms. The van der Waals surface area contributed by atoms with Crippen molar-refractivity contribution in [1.29, 1.82) is 5.26 Å². The minimum Gasteiger partial charge on any atom is -0.497 e. The summed E-state index contributed by atoms with van der Waals surface area (Å²) >= 11 is 0. The lowest BCUT2D eigenvalue weighted by atomic mass is 9.61. The van der Waals surface area contributed by atoms with Crippen molar-refractivity contribution in [2.45, 2.75) is 19.3 Å². The normalized spacial score (nSPS) is 17.2. The van der Waals surface area contributed by atoms with Crippen LogP contribution in [-0.2, 0) is 10.2 Å².